The van der Waals surface area contributed by atoms with E-state index in [-0.39, 0.29) is 0 Å². The van der Waals surface area contributed by atoms with E-state index in [4.69, 9.17) is 0 Å². The third-order valence-electron chi connectivity index (χ3n) is 3.77. The molecule has 122 valence electrons. The van der Waals surface area contributed by atoms with Crippen molar-refractivity contribution in [2.24, 2.45) is 0 Å². The Hall–Kier alpha value is -2.88. The number of rotatable bonds is 5. The van der Waals surface area contributed by atoms with Crippen LogP contribution in [0.3, 0.4) is 0 Å². The molecule has 1 aromatic heterocycles. The van der Waals surface area contributed by atoms with Crippen LogP contribution in [-0.4, -0.2) is 17.0 Å². The second-order valence-electron chi connectivity index (χ2n) is 6.03. The highest BCUT2D eigenvalue weighted by atomic mass is 15.2. The average Bonchev–Trinajstić information content (AvgIpc) is 2.55. The predicted octanol–water partition coefficient (Wildman–Crippen LogP) is 4.47. The lowest BCUT2D eigenvalue weighted by molar-refractivity contribution is 0.888. The van der Waals surface area contributed by atoms with Gasteiger partial charge in [-0.3, -0.25) is 0 Å². The van der Waals surface area contributed by atoms with Crippen molar-refractivity contribution in [1.29, 1.82) is 0 Å². The van der Waals surface area contributed by atoms with Crippen molar-refractivity contribution in [3.63, 3.8) is 0 Å². The molecule has 4 heteroatoms. The molecule has 3 rings (SSSR count). The van der Waals surface area contributed by atoms with E-state index in [2.05, 4.69) is 63.5 Å². The summed E-state index contributed by atoms with van der Waals surface area (Å²) in [6.07, 6.45) is 0. The molecule has 0 spiro atoms. The maximum absolute atomic E-state index is 4.66. The van der Waals surface area contributed by atoms with E-state index < -0.39 is 0 Å². The monoisotopic (exact) mass is 318 g/mol. The summed E-state index contributed by atoms with van der Waals surface area (Å²) in [5.41, 5.74) is 4.39. The Labute approximate surface area is 143 Å². The van der Waals surface area contributed by atoms with Crippen LogP contribution >= 0.6 is 0 Å². The molecule has 4 nitrogen and oxygen atoms in total. The molecule has 24 heavy (non-hydrogen) atoms. The third kappa shape index (κ3) is 4.10. The Morgan fingerprint density at radius 1 is 0.917 bits per heavy atom. The zero-order valence-corrected chi connectivity index (χ0v) is 14.3. The molecule has 1 heterocycles. The van der Waals surface area contributed by atoms with Gasteiger partial charge in [0, 0.05) is 31.0 Å². The second kappa shape index (κ2) is 7.13. The van der Waals surface area contributed by atoms with Crippen LogP contribution in [0.1, 0.15) is 16.8 Å². The molecular formula is C20H22N4. The van der Waals surface area contributed by atoms with E-state index in [1.54, 1.807) is 0 Å². The van der Waals surface area contributed by atoms with Crippen LogP contribution < -0.4 is 10.2 Å². The van der Waals surface area contributed by atoms with Gasteiger partial charge in [0.25, 0.3) is 0 Å². The minimum atomic E-state index is 0.621. The molecule has 0 aliphatic rings. The summed E-state index contributed by atoms with van der Waals surface area (Å²) >= 11 is 0. The fourth-order valence-corrected chi connectivity index (χ4v) is 2.59. The number of nitrogens with zero attached hydrogens (tertiary/aromatic N) is 3. The number of nitrogens with one attached hydrogen (secondary N) is 1. The second-order valence-corrected chi connectivity index (χ2v) is 6.03. The molecule has 0 aliphatic heterocycles. The third-order valence-corrected chi connectivity index (χ3v) is 3.77. The zero-order chi connectivity index (χ0) is 16.9. The minimum absolute atomic E-state index is 0.621. The fraction of sp³-hybridized carbons (Fsp3) is 0.200. The van der Waals surface area contributed by atoms with Crippen LogP contribution in [-0.2, 0) is 6.54 Å². The van der Waals surface area contributed by atoms with Gasteiger partial charge in [-0.1, -0.05) is 42.5 Å². The van der Waals surface area contributed by atoms with Crippen LogP contribution in [0.25, 0.3) is 0 Å². The molecule has 3 aromatic rings. The lowest BCUT2D eigenvalue weighted by atomic mass is 10.2. The molecule has 0 radical (unpaired) electrons. The summed E-state index contributed by atoms with van der Waals surface area (Å²) in [6, 6.07) is 20.6. The largest absolute Gasteiger partial charge is 0.355 e. The smallest absolute Gasteiger partial charge is 0.229 e. The van der Waals surface area contributed by atoms with Gasteiger partial charge >= 0.3 is 0 Å². The zero-order valence-electron chi connectivity index (χ0n) is 14.3. The van der Waals surface area contributed by atoms with Crippen LogP contribution in [0.5, 0.6) is 0 Å². The highest BCUT2D eigenvalue weighted by Crippen LogP contribution is 2.19. The van der Waals surface area contributed by atoms with Crippen molar-refractivity contribution in [3.8, 4) is 0 Å². The predicted molar refractivity (Wildman–Crippen MR) is 99.8 cm³/mol. The maximum atomic E-state index is 4.66. The average molecular weight is 318 g/mol. The molecule has 0 fully saturated rings. The number of hydrogen-bond donors (Lipinski definition) is 1. The van der Waals surface area contributed by atoms with E-state index in [1.165, 1.54) is 11.1 Å². The lowest BCUT2D eigenvalue weighted by Crippen LogP contribution is -2.18. The van der Waals surface area contributed by atoms with Crippen molar-refractivity contribution >= 4 is 17.5 Å². The summed E-state index contributed by atoms with van der Waals surface area (Å²) in [4.78, 5) is 11.3. The normalized spacial score (nSPS) is 10.5. The minimum Gasteiger partial charge on any atom is -0.355 e. The Morgan fingerprint density at radius 2 is 1.71 bits per heavy atom. The Kier molecular flexibility index (Phi) is 4.75. The Bertz CT molecular complexity index is 815. The van der Waals surface area contributed by atoms with Crippen LogP contribution in [0.4, 0.5) is 17.5 Å². The Morgan fingerprint density at radius 3 is 2.46 bits per heavy atom. The summed E-state index contributed by atoms with van der Waals surface area (Å²) in [7, 11) is 2.05. The summed E-state index contributed by atoms with van der Waals surface area (Å²) < 4.78 is 0. The molecule has 1 N–H and O–H groups in total. The summed E-state index contributed by atoms with van der Waals surface area (Å²) in [5.74, 6) is 1.53. The number of benzene rings is 2. The van der Waals surface area contributed by atoms with Crippen molar-refractivity contribution in [2.45, 2.75) is 20.4 Å². The van der Waals surface area contributed by atoms with Crippen LogP contribution in [0.15, 0.2) is 60.7 Å². The van der Waals surface area contributed by atoms with E-state index in [0.29, 0.717) is 5.95 Å². The van der Waals surface area contributed by atoms with Gasteiger partial charge in [0.2, 0.25) is 5.95 Å². The Balaban J connectivity index is 1.80. The SMILES string of the molecule is Cc1cccc(Nc2nc(C)cc(N(C)Cc3ccccc3)n2)c1. The van der Waals surface area contributed by atoms with Gasteiger partial charge in [0.15, 0.2) is 0 Å². The fourth-order valence-electron chi connectivity index (χ4n) is 2.59. The van der Waals surface area contributed by atoms with E-state index >= 15 is 0 Å². The highest BCUT2D eigenvalue weighted by molar-refractivity contribution is 5.56. The first-order valence-electron chi connectivity index (χ1n) is 8.04. The van der Waals surface area contributed by atoms with Gasteiger partial charge < -0.3 is 10.2 Å². The van der Waals surface area contributed by atoms with Crippen LogP contribution in [0, 0.1) is 13.8 Å². The molecule has 0 unspecified atom stereocenters. The molecular weight excluding hydrogens is 296 g/mol. The molecule has 0 atom stereocenters. The van der Waals surface area contributed by atoms with Crippen molar-refractivity contribution < 1.29 is 0 Å². The maximum Gasteiger partial charge on any atom is 0.229 e. The molecule has 0 amide bonds. The number of aromatic nitrogens is 2. The quantitative estimate of drug-likeness (QED) is 0.753. The van der Waals surface area contributed by atoms with Crippen LogP contribution in [0.2, 0.25) is 0 Å². The van der Waals surface area contributed by atoms with Gasteiger partial charge in [0.05, 0.1) is 0 Å². The first-order chi connectivity index (χ1) is 11.6. The summed E-state index contributed by atoms with van der Waals surface area (Å²) in [6.45, 7) is 4.87. The first kappa shape index (κ1) is 16.0. The van der Waals surface area contributed by atoms with E-state index in [9.17, 15) is 0 Å². The molecule has 0 bridgehead atoms. The first-order valence-corrected chi connectivity index (χ1v) is 8.04. The van der Waals surface area contributed by atoms with E-state index in [1.807, 2.05) is 38.2 Å². The number of aryl methyl sites for hydroxylation is 2. The number of anilines is 3. The topological polar surface area (TPSA) is 41.1 Å². The van der Waals surface area contributed by atoms with Crippen molar-refractivity contribution in [3.05, 3.63) is 77.5 Å². The van der Waals surface area contributed by atoms with Crippen molar-refractivity contribution in [1.82, 2.24) is 9.97 Å². The molecule has 2 aromatic carbocycles. The molecule has 0 saturated heterocycles. The highest BCUT2D eigenvalue weighted by Gasteiger charge is 2.08. The number of hydrogen-bond acceptors (Lipinski definition) is 4. The summed E-state index contributed by atoms with van der Waals surface area (Å²) in [5, 5.41) is 3.30. The molecule has 0 saturated carbocycles. The molecule has 0 aliphatic carbocycles. The van der Waals surface area contributed by atoms with Crippen molar-refractivity contribution in [2.75, 3.05) is 17.3 Å². The van der Waals surface area contributed by atoms with E-state index in [0.717, 1.165) is 23.7 Å². The van der Waals surface area contributed by atoms with Gasteiger partial charge in [-0.2, -0.15) is 4.98 Å². The van der Waals surface area contributed by atoms with Gasteiger partial charge in [-0.15, -0.1) is 0 Å². The van der Waals surface area contributed by atoms with Gasteiger partial charge in [0.1, 0.15) is 5.82 Å². The standard InChI is InChI=1S/C20H22N4/c1-15-8-7-11-18(12-15)22-20-21-16(2)13-19(23-20)24(3)14-17-9-5-4-6-10-17/h4-13H,14H2,1-3H3,(H,21,22,23). The van der Waals surface area contributed by atoms with Gasteiger partial charge in [-0.25, -0.2) is 4.98 Å². The van der Waals surface area contributed by atoms with Gasteiger partial charge in [-0.05, 0) is 37.1 Å². The lowest BCUT2D eigenvalue weighted by Gasteiger charge is -2.19.